The first-order valence-corrected chi connectivity index (χ1v) is 9.43. The smallest absolute Gasteiger partial charge is 0.366 e. The molecular formula is C19H35NO10. The predicted molar refractivity (Wildman–Crippen MR) is 104 cm³/mol. The highest BCUT2D eigenvalue weighted by molar-refractivity contribution is 5.79. The largest absolute Gasteiger partial charge is 0.465 e. The Kier molecular flexibility index (Phi) is 11.1. The SMILES string of the molecule is COCC(=O)N(C)[C@H]1[C@H]([C@H](OC)[C@@H](COC)OC)O[C@@](OC)(C(=O)OC)C[C@@H]1OC. The maximum atomic E-state index is 12.6. The number of amides is 1. The molecule has 0 aromatic heterocycles. The van der Waals surface area contributed by atoms with Gasteiger partial charge in [-0.1, -0.05) is 0 Å². The number of carbonyl (C=O) groups excluding carboxylic acids is 2. The molecule has 1 heterocycles. The molecule has 6 atom stereocenters. The Hall–Kier alpha value is -1.34. The minimum absolute atomic E-state index is 0.00317. The summed E-state index contributed by atoms with van der Waals surface area (Å²) in [5.41, 5.74) is 0. The van der Waals surface area contributed by atoms with Gasteiger partial charge in [-0.2, -0.15) is 0 Å². The van der Waals surface area contributed by atoms with Crippen molar-refractivity contribution in [1.82, 2.24) is 4.90 Å². The van der Waals surface area contributed by atoms with Gasteiger partial charge in [-0.25, -0.2) is 4.79 Å². The summed E-state index contributed by atoms with van der Waals surface area (Å²) in [6.45, 7) is 0.0547. The van der Waals surface area contributed by atoms with E-state index < -0.39 is 42.2 Å². The minimum Gasteiger partial charge on any atom is -0.465 e. The highest BCUT2D eigenvalue weighted by Gasteiger charge is 2.58. The van der Waals surface area contributed by atoms with Crippen molar-refractivity contribution in [3.63, 3.8) is 0 Å². The number of carbonyl (C=O) groups is 2. The third-order valence-corrected chi connectivity index (χ3v) is 5.35. The molecule has 1 aliphatic heterocycles. The molecule has 11 nitrogen and oxygen atoms in total. The van der Waals surface area contributed by atoms with Crippen LogP contribution in [0, 0.1) is 0 Å². The third-order valence-electron chi connectivity index (χ3n) is 5.35. The predicted octanol–water partition coefficient (Wildman–Crippen LogP) is -0.544. The van der Waals surface area contributed by atoms with Crippen molar-refractivity contribution < 1.29 is 47.5 Å². The summed E-state index contributed by atoms with van der Waals surface area (Å²) in [6.07, 6.45) is -2.85. The van der Waals surface area contributed by atoms with Gasteiger partial charge < -0.3 is 42.8 Å². The van der Waals surface area contributed by atoms with Gasteiger partial charge in [-0.3, -0.25) is 4.79 Å². The van der Waals surface area contributed by atoms with Crippen LogP contribution in [0.25, 0.3) is 0 Å². The van der Waals surface area contributed by atoms with E-state index in [2.05, 4.69) is 0 Å². The van der Waals surface area contributed by atoms with Gasteiger partial charge in [0.25, 0.3) is 5.79 Å². The summed E-state index contributed by atoms with van der Waals surface area (Å²) < 4.78 is 43.7. The molecule has 1 saturated heterocycles. The van der Waals surface area contributed by atoms with Crippen molar-refractivity contribution in [3.8, 4) is 0 Å². The van der Waals surface area contributed by atoms with E-state index >= 15 is 0 Å². The monoisotopic (exact) mass is 437 g/mol. The van der Waals surface area contributed by atoms with Gasteiger partial charge in [-0.05, 0) is 0 Å². The summed E-state index contributed by atoms with van der Waals surface area (Å²) in [6, 6.07) is -0.648. The zero-order valence-corrected chi connectivity index (χ0v) is 19.0. The van der Waals surface area contributed by atoms with Crippen LogP contribution >= 0.6 is 0 Å². The average molecular weight is 437 g/mol. The van der Waals surface area contributed by atoms with Gasteiger partial charge >= 0.3 is 5.97 Å². The minimum atomic E-state index is -1.75. The van der Waals surface area contributed by atoms with Gasteiger partial charge in [0, 0.05) is 56.1 Å². The lowest BCUT2D eigenvalue weighted by atomic mass is 9.87. The number of ether oxygens (including phenoxy) is 8. The van der Waals surface area contributed by atoms with E-state index in [1.807, 2.05) is 0 Å². The van der Waals surface area contributed by atoms with Crippen LogP contribution in [0.4, 0.5) is 0 Å². The van der Waals surface area contributed by atoms with Gasteiger partial charge in [-0.15, -0.1) is 0 Å². The van der Waals surface area contributed by atoms with E-state index in [9.17, 15) is 9.59 Å². The highest BCUT2D eigenvalue weighted by Crippen LogP contribution is 2.37. The highest BCUT2D eigenvalue weighted by atomic mass is 16.7. The molecule has 0 bridgehead atoms. The Balaban J connectivity index is 3.50. The van der Waals surface area contributed by atoms with Crippen molar-refractivity contribution in [1.29, 1.82) is 0 Å². The molecule has 0 N–H and O–H groups in total. The normalized spacial score (nSPS) is 28.6. The molecule has 0 aromatic carbocycles. The van der Waals surface area contributed by atoms with E-state index in [0.29, 0.717) is 0 Å². The molecular weight excluding hydrogens is 402 g/mol. The molecule has 1 fully saturated rings. The van der Waals surface area contributed by atoms with E-state index in [1.54, 1.807) is 7.05 Å². The lowest BCUT2D eigenvalue weighted by molar-refractivity contribution is -0.316. The molecule has 11 heteroatoms. The standard InChI is InChI=1S/C19H35NO10/c1-20(14(21)11-24-3)15-12(25-4)9-19(29-8,18(22)28-7)30-17(15)16(27-6)13(26-5)10-23-2/h12-13,15-17H,9-11H2,1-8H3/t12-,13+,15+,16+,17+,19+/m0/s1. The van der Waals surface area contributed by atoms with Crippen LogP contribution in [0.15, 0.2) is 0 Å². The van der Waals surface area contributed by atoms with Gasteiger partial charge in [0.05, 0.1) is 25.9 Å². The van der Waals surface area contributed by atoms with Crippen molar-refractivity contribution >= 4 is 11.9 Å². The lowest BCUT2D eigenvalue weighted by Gasteiger charge is -2.50. The van der Waals surface area contributed by atoms with Crippen molar-refractivity contribution in [2.24, 2.45) is 0 Å². The van der Waals surface area contributed by atoms with Crippen LogP contribution in [-0.4, -0.2) is 123 Å². The van der Waals surface area contributed by atoms with Crippen LogP contribution in [0.1, 0.15) is 6.42 Å². The van der Waals surface area contributed by atoms with Gasteiger partial charge in [0.1, 0.15) is 24.9 Å². The Bertz CT molecular complexity index is 547. The maximum absolute atomic E-state index is 12.6. The molecule has 1 amide bonds. The molecule has 1 rings (SSSR count). The van der Waals surface area contributed by atoms with Crippen LogP contribution in [0.5, 0.6) is 0 Å². The van der Waals surface area contributed by atoms with Crippen molar-refractivity contribution in [3.05, 3.63) is 0 Å². The fourth-order valence-electron chi connectivity index (χ4n) is 3.74. The first kappa shape index (κ1) is 26.7. The van der Waals surface area contributed by atoms with Crippen molar-refractivity contribution in [2.45, 2.75) is 42.7 Å². The number of methoxy groups -OCH3 is 7. The number of likely N-dealkylation sites (N-methyl/N-ethyl adjacent to an activating group) is 1. The molecule has 0 aromatic rings. The number of hydrogen-bond donors (Lipinski definition) is 0. The van der Waals surface area contributed by atoms with E-state index in [0.717, 1.165) is 0 Å². The van der Waals surface area contributed by atoms with Gasteiger partial charge in [0.15, 0.2) is 0 Å². The number of rotatable bonds is 12. The summed E-state index contributed by atoms with van der Waals surface area (Å²) in [5, 5.41) is 0. The van der Waals surface area contributed by atoms with Crippen molar-refractivity contribution in [2.75, 3.05) is 70.0 Å². The van der Waals surface area contributed by atoms with Crippen LogP contribution in [-0.2, 0) is 47.5 Å². The molecule has 1 aliphatic rings. The number of hydrogen-bond acceptors (Lipinski definition) is 10. The Labute approximate surface area is 177 Å². The third kappa shape index (κ3) is 5.67. The molecule has 0 aliphatic carbocycles. The molecule has 176 valence electrons. The van der Waals surface area contributed by atoms with Crippen LogP contribution < -0.4 is 0 Å². The van der Waals surface area contributed by atoms with Crippen LogP contribution in [0.3, 0.4) is 0 Å². The van der Waals surface area contributed by atoms with Crippen LogP contribution in [0.2, 0.25) is 0 Å². The summed E-state index contributed by atoms with van der Waals surface area (Å²) in [4.78, 5) is 26.7. The summed E-state index contributed by atoms with van der Waals surface area (Å²) in [5.74, 6) is -2.77. The second kappa shape index (κ2) is 12.5. The molecule has 0 saturated carbocycles. The Morgan fingerprint density at radius 1 is 1.07 bits per heavy atom. The molecule has 30 heavy (non-hydrogen) atoms. The Morgan fingerprint density at radius 2 is 1.73 bits per heavy atom. The molecule has 0 unspecified atom stereocenters. The fraction of sp³-hybridized carbons (Fsp3) is 0.895. The van der Waals surface area contributed by atoms with E-state index in [4.69, 9.17) is 37.9 Å². The second-order valence-electron chi connectivity index (χ2n) is 6.87. The van der Waals surface area contributed by atoms with E-state index in [-0.39, 0.29) is 25.5 Å². The van der Waals surface area contributed by atoms with Gasteiger partial charge in [0.2, 0.25) is 5.91 Å². The fourth-order valence-corrected chi connectivity index (χ4v) is 3.74. The topological polar surface area (TPSA) is 111 Å². The second-order valence-corrected chi connectivity index (χ2v) is 6.87. The zero-order valence-electron chi connectivity index (χ0n) is 19.0. The maximum Gasteiger partial charge on any atom is 0.366 e. The first-order valence-electron chi connectivity index (χ1n) is 9.43. The molecule has 0 spiro atoms. The zero-order chi connectivity index (χ0) is 22.9. The number of esters is 1. The lowest BCUT2D eigenvalue weighted by Crippen LogP contribution is -2.69. The average Bonchev–Trinajstić information content (AvgIpc) is 2.77. The first-order chi connectivity index (χ1) is 14.3. The Morgan fingerprint density at radius 3 is 2.17 bits per heavy atom. The summed E-state index contributed by atoms with van der Waals surface area (Å²) >= 11 is 0. The van der Waals surface area contributed by atoms with E-state index in [1.165, 1.54) is 54.7 Å². The number of nitrogens with zero attached hydrogens (tertiary/aromatic N) is 1. The molecule has 0 radical (unpaired) electrons. The summed E-state index contributed by atoms with van der Waals surface area (Å²) in [7, 11) is 11.6. The quantitative estimate of drug-likeness (QED) is 0.369.